The fraction of sp³-hybridized carbons (Fsp3) is 0.250. The SMILES string of the molecule is CCOC(=O)C(=O)c1cc(C(=O)OC)c(O)cc1O. The summed E-state index contributed by atoms with van der Waals surface area (Å²) in [5, 5.41) is 19.0. The zero-order chi connectivity index (χ0) is 14.6. The molecule has 7 nitrogen and oxygen atoms in total. The first kappa shape index (κ1) is 14.5. The lowest BCUT2D eigenvalue weighted by Crippen LogP contribution is -2.18. The summed E-state index contributed by atoms with van der Waals surface area (Å²) in [5.41, 5.74) is -0.787. The Labute approximate surface area is 108 Å². The second-order valence-electron chi connectivity index (χ2n) is 3.43. The van der Waals surface area contributed by atoms with Gasteiger partial charge in [-0.3, -0.25) is 4.79 Å². The van der Waals surface area contributed by atoms with E-state index < -0.39 is 34.8 Å². The molecule has 0 spiro atoms. The van der Waals surface area contributed by atoms with E-state index in [-0.39, 0.29) is 12.2 Å². The van der Waals surface area contributed by atoms with Gasteiger partial charge in [0.2, 0.25) is 0 Å². The molecule has 2 N–H and O–H groups in total. The second kappa shape index (κ2) is 5.85. The van der Waals surface area contributed by atoms with Gasteiger partial charge in [0.25, 0.3) is 5.78 Å². The number of aromatic hydroxyl groups is 2. The first-order chi connectivity index (χ1) is 8.92. The molecule has 7 heteroatoms. The summed E-state index contributed by atoms with van der Waals surface area (Å²) in [6, 6.07) is 1.65. The van der Waals surface area contributed by atoms with Crippen LogP contribution in [0.1, 0.15) is 27.6 Å². The van der Waals surface area contributed by atoms with Crippen LogP contribution in [0.3, 0.4) is 0 Å². The number of ether oxygens (including phenoxy) is 2. The molecular formula is C12H12O7. The summed E-state index contributed by atoms with van der Waals surface area (Å²) in [4.78, 5) is 34.3. The Kier molecular flexibility index (Phi) is 4.46. The molecule has 0 atom stereocenters. The third-order valence-corrected chi connectivity index (χ3v) is 2.22. The van der Waals surface area contributed by atoms with E-state index in [1.54, 1.807) is 0 Å². The number of carbonyl (C=O) groups excluding carboxylic acids is 3. The number of hydrogen-bond donors (Lipinski definition) is 2. The third-order valence-electron chi connectivity index (χ3n) is 2.22. The maximum absolute atomic E-state index is 11.7. The van der Waals surface area contributed by atoms with Gasteiger partial charge in [-0.25, -0.2) is 9.59 Å². The van der Waals surface area contributed by atoms with Crippen molar-refractivity contribution >= 4 is 17.7 Å². The van der Waals surface area contributed by atoms with E-state index >= 15 is 0 Å². The van der Waals surface area contributed by atoms with Crippen molar-refractivity contribution in [3.63, 3.8) is 0 Å². The maximum Gasteiger partial charge on any atom is 0.379 e. The van der Waals surface area contributed by atoms with Crippen molar-refractivity contribution in [1.82, 2.24) is 0 Å². The number of Topliss-reactive ketones (excluding diaryl/α,β-unsaturated/α-hetero) is 1. The molecular weight excluding hydrogens is 256 g/mol. The van der Waals surface area contributed by atoms with Gasteiger partial charge in [0, 0.05) is 6.07 Å². The van der Waals surface area contributed by atoms with Crippen molar-refractivity contribution < 1.29 is 34.1 Å². The Balaban J connectivity index is 3.25. The van der Waals surface area contributed by atoms with Crippen LogP contribution in [0.2, 0.25) is 0 Å². The molecule has 102 valence electrons. The van der Waals surface area contributed by atoms with Gasteiger partial charge in [-0.15, -0.1) is 0 Å². The molecule has 0 aliphatic carbocycles. The van der Waals surface area contributed by atoms with E-state index in [2.05, 4.69) is 9.47 Å². The van der Waals surface area contributed by atoms with Crippen LogP contribution in [0, 0.1) is 0 Å². The lowest BCUT2D eigenvalue weighted by Gasteiger charge is -2.07. The van der Waals surface area contributed by atoms with Crippen LogP contribution in [-0.2, 0) is 14.3 Å². The molecule has 0 aliphatic heterocycles. The van der Waals surface area contributed by atoms with Crippen molar-refractivity contribution in [1.29, 1.82) is 0 Å². The quantitative estimate of drug-likeness (QED) is 0.468. The highest BCUT2D eigenvalue weighted by Gasteiger charge is 2.24. The molecule has 19 heavy (non-hydrogen) atoms. The van der Waals surface area contributed by atoms with E-state index in [1.165, 1.54) is 6.92 Å². The summed E-state index contributed by atoms with van der Waals surface area (Å²) >= 11 is 0. The highest BCUT2D eigenvalue weighted by molar-refractivity contribution is 6.41. The zero-order valence-electron chi connectivity index (χ0n) is 10.3. The molecule has 1 aromatic carbocycles. The molecule has 1 aromatic rings. The molecule has 0 fully saturated rings. The normalized spacial score (nSPS) is 9.79. The van der Waals surface area contributed by atoms with Crippen LogP contribution < -0.4 is 0 Å². The van der Waals surface area contributed by atoms with Crippen LogP contribution >= 0.6 is 0 Å². The molecule has 0 aromatic heterocycles. The monoisotopic (exact) mass is 268 g/mol. The smallest absolute Gasteiger partial charge is 0.379 e. The lowest BCUT2D eigenvalue weighted by atomic mass is 10.0. The predicted octanol–water partition coefficient (Wildman–Crippen LogP) is 0.630. The largest absolute Gasteiger partial charge is 0.507 e. The number of phenolic OH excluding ortho intramolecular Hbond substituents is 2. The van der Waals surface area contributed by atoms with Gasteiger partial charge < -0.3 is 19.7 Å². The van der Waals surface area contributed by atoms with Crippen molar-refractivity contribution in [2.24, 2.45) is 0 Å². The Bertz CT molecular complexity index is 533. The van der Waals surface area contributed by atoms with Crippen molar-refractivity contribution in [2.45, 2.75) is 6.92 Å². The molecule has 1 rings (SSSR count). The van der Waals surface area contributed by atoms with E-state index in [0.29, 0.717) is 0 Å². The third kappa shape index (κ3) is 3.01. The summed E-state index contributed by atoms with van der Waals surface area (Å²) in [5.74, 6) is -4.40. The maximum atomic E-state index is 11.7. The molecule has 0 radical (unpaired) electrons. The van der Waals surface area contributed by atoms with Crippen molar-refractivity contribution in [3.8, 4) is 11.5 Å². The Morgan fingerprint density at radius 1 is 1.11 bits per heavy atom. The lowest BCUT2D eigenvalue weighted by molar-refractivity contribution is -0.137. The number of benzene rings is 1. The Hall–Kier alpha value is -2.57. The summed E-state index contributed by atoms with van der Waals surface area (Å²) in [6.07, 6.45) is 0. The highest BCUT2D eigenvalue weighted by Crippen LogP contribution is 2.28. The van der Waals surface area contributed by atoms with Gasteiger partial charge in [-0.05, 0) is 13.0 Å². The fourth-order valence-corrected chi connectivity index (χ4v) is 1.34. The van der Waals surface area contributed by atoms with Gasteiger partial charge in [0.1, 0.15) is 17.1 Å². The highest BCUT2D eigenvalue weighted by atomic mass is 16.5. The van der Waals surface area contributed by atoms with Crippen LogP contribution in [0.5, 0.6) is 11.5 Å². The van der Waals surface area contributed by atoms with Gasteiger partial charge in [0.05, 0.1) is 19.3 Å². The fourth-order valence-electron chi connectivity index (χ4n) is 1.34. The summed E-state index contributed by atoms with van der Waals surface area (Å²) in [6.45, 7) is 1.51. The number of methoxy groups -OCH3 is 1. The first-order valence-electron chi connectivity index (χ1n) is 5.28. The van der Waals surface area contributed by atoms with E-state index in [9.17, 15) is 24.6 Å². The van der Waals surface area contributed by atoms with Crippen LogP contribution in [0.25, 0.3) is 0 Å². The van der Waals surface area contributed by atoms with Gasteiger partial charge in [-0.2, -0.15) is 0 Å². The van der Waals surface area contributed by atoms with Gasteiger partial charge in [0.15, 0.2) is 0 Å². The minimum atomic E-state index is -1.17. The van der Waals surface area contributed by atoms with E-state index in [1.807, 2.05) is 0 Å². The minimum Gasteiger partial charge on any atom is -0.507 e. The standard InChI is InChI=1S/C12H12O7/c1-3-19-12(17)10(15)6-4-7(11(16)18-2)9(14)5-8(6)13/h4-5,13-14H,3H2,1-2H3. The van der Waals surface area contributed by atoms with E-state index in [4.69, 9.17) is 0 Å². The van der Waals surface area contributed by atoms with Gasteiger partial charge in [-0.1, -0.05) is 0 Å². The number of rotatable bonds is 4. The molecule has 0 amide bonds. The average molecular weight is 268 g/mol. The average Bonchev–Trinajstić information content (AvgIpc) is 2.37. The van der Waals surface area contributed by atoms with Crippen molar-refractivity contribution in [2.75, 3.05) is 13.7 Å². The minimum absolute atomic E-state index is 0.00667. The Morgan fingerprint density at radius 3 is 2.21 bits per heavy atom. The summed E-state index contributed by atoms with van der Waals surface area (Å²) < 4.78 is 8.88. The predicted molar refractivity (Wildman–Crippen MR) is 62.1 cm³/mol. The summed E-state index contributed by atoms with van der Waals surface area (Å²) in [7, 11) is 1.08. The van der Waals surface area contributed by atoms with Crippen molar-refractivity contribution in [3.05, 3.63) is 23.3 Å². The number of carbonyl (C=O) groups is 3. The molecule has 0 saturated heterocycles. The van der Waals surface area contributed by atoms with E-state index in [0.717, 1.165) is 19.2 Å². The van der Waals surface area contributed by atoms with Crippen LogP contribution in [0.15, 0.2) is 12.1 Å². The number of hydrogen-bond acceptors (Lipinski definition) is 7. The molecule has 0 unspecified atom stereocenters. The number of phenols is 2. The molecule has 0 heterocycles. The first-order valence-corrected chi connectivity index (χ1v) is 5.28. The second-order valence-corrected chi connectivity index (χ2v) is 3.43. The van der Waals surface area contributed by atoms with Crippen LogP contribution in [-0.4, -0.2) is 41.7 Å². The molecule has 0 bridgehead atoms. The van der Waals surface area contributed by atoms with Crippen LogP contribution in [0.4, 0.5) is 0 Å². The number of ketones is 1. The zero-order valence-corrected chi connectivity index (χ0v) is 10.3. The Morgan fingerprint density at radius 2 is 1.68 bits per heavy atom. The van der Waals surface area contributed by atoms with Gasteiger partial charge >= 0.3 is 11.9 Å². The number of esters is 2. The molecule has 0 saturated carbocycles. The molecule has 0 aliphatic rings. The topological polar surface area (TPSA) is 110 Å².